The number of carbonyl (C=O) groups is 1. The van der Waals surface area contributed by atoms with Gasteiger partial charge in [0.05, 0.1) is 17.7 Å². The largest absolute Gasteiger partial charge is 0.374 e. The molecule has 0 atom stereocenters. The molecule has 2 heterocycles. The molecule has 3 rings (SSSR count). The molecule has 10 heteroatoms. The summed E-state index contributed by atoms with van der Waals surface area (Å²) in [5.74, 6) is 0.205. The van der Waals surface area contributed by atoms with E-state index in [1.807, 2.05) is 0 Å². The molecule has 0 radical (unpaired) electrons. The molecular weight excluding hydrogens is 368 g/mol. The van der Waals surface area contributed by atoms with Gasteiger partial charge in [-0.1, -0.05) is 23.1 Å². The Balaban J connectivity index is 1.77. The number of ketones is 1. The second-order valence-corrected chi connectivity index (χ2v) is 9.54. The summed E-state index contributed by atoms with van der Waals surface area (Å²) in [6, 6.07) is 5.19. The molecule has 128 valence electrons. The molecule has 0 saturated heterocycles. The number of nitrogen functional groups attached to an aromatic ring is 1. The van der Waals surface area contributed by atoms with E-state index in [-0.39, 0.29) is 11.5 Å². The molecule has 0 fully saturated rings. The van der Waals surface area contributed by atoms with E-state index in [1.54, 1.807) is 18.2 Å². The number of aryl methyl sites for hydroxylation is 1. The number of sulfonamides is 1. The van der Waals surface area contributed by atoms with E-state index >= 15 is 0 Å². The van der Waals surface area contributed by atoms with E-state index in [0.29, 0.717) is 27.3 Å². The number of rotatable bonds is 5. The summed E-state index contributed by atoms with van der Waals surface area (Å²) in [5.41, 5.74) is 7.65. The lowest BCUT2D eigenvalue weighted by atomic mass is 9.99. The van der Waals surface area contributed by atoms with Crippen molar-refractivity contribution in [2.45, 2.75) is 17.2 Å². The van der Waals surface area contributed by atoms with Gasteiger partial charge >= 0.3 is 0 Å². The van der Waals surface area contributed by atoms with Crippen LogP contribution in [0.3, 0.4) is 0 Å². The molecule has 0 saturated carbocycles. The number of hydrogen-bond acceptors (Lipinski definition) is 8. The van der Waals surface area contributed by atoms with Crippen LogP contribution in [0.5, 0.6) is 0 Å². The second-order valence-electron chi connectivity index (χ2n) is 5.40. The van der Waals surface area contributed by atoms with Crippen LogP contribution in [-0.2, 0) is 16.4 Å². The maximum atomic E-state index is 12.4. The topological polar surface area (TPSA) is 106 Å². The van der Waals surface area contributed by atoms with Crippen LogP contribution in [0.4, 0.5) is 10.8 Å². The van der Waals surface area contributed by atoms with Gasteiger partial charge in [0.2, 0.25) is 15.2 Å². The molecule has 1 aliphatic rings. The third-order valence-corrected chi connectivity index (χ3v) is 6.69. The van der Waals surface area contributed by atoms with Gasteiger partial charge in [-0.3, -0.25) is 9.10 Å². The number of nitrogens with two attached hydrogens (primary N) is 1. The predicted octanol–water partition coefficient (Wildman–Crippen LogP) is 1.81. The number of thioether (sulfide) groups is 1. The lowest BCUT2D eigenvalue weighted by Crippen LogP contribution is -2.34. The minimum atomic E-state index is -3.30. The van der Waals surface area contributed by atoms with E-state index in [1.165, 1.54) is 33.7 Å². The Hall–Kier alpha value is -1.65. The molecule has 0 unspecified atom stereocenters. The van der Waals surface area contributed by atoms with Gasteiger partial charge in [0.1, 0.15) is 0 Å². The van der Waals surface area contributed by atoms with Crippen LogP contribution in [0.25, 0.3) is 0 Å². The van der Waals surface area contributed by atoms with E-state index in [2.05, 4.69) is 10.2 Å². The summed E-state index contributed by atoms with van der Waals surface area (Å²) in [4.78, 5) is 12.4. The van der Waals surface area contributed by atoms with E-state index < -0.39 is 10.0 Å². The van der Waals surface area contributed by atoms with Gasteiger partial charge in [0, 0.05) is 12.1 Å². The molecule has 1 aromatic carbocycles. The Morgan fingerprint density at radius 2 is 2.21 bits per heavy atom. The van der Waals surface area contributed by atoms with Crippen LogP contribution < -0.4 is 10.0 Å². The van der Waals surface area contributed by atoms with Gasteiger partial charge in [-0.25, -0.2) is 8.42 Å². The zero-order chi connectivity index (χ0) is 17.3. The maximum Gasteiger partial charge on any atom is 0.232 e. The highest BCUT2D eigenvalue weighted by Crippen LogP contribution is 2.31. The van der Waals surface area contributed by atoms with Crippen LogP contribution in [0.2, 0.25) is 0 Å². The molecule has 2 N–H and O–H groups in total. The summed E-state index contributed by atoms with van der Waals surface area (Å²) in [7, 11) is -3.30. The highest BCUT2D eigenvalue weighted by Gasteiger charge is 2.24. The lowest BCUT2D eigenvalue weighted by Gasteiger charge is -2.29. The number of hydrogen-bond donors (Lipinski definition) is 1. The molecule has 1 aliphatic heterocycles. The average molecular weight is 385 g/mol. The van der Waals surface area contributed by atoms with Gasteiger partial charge < -0.3 is 5.73 Å². The number of carbonyl (C=O) groups excluding carboxylic acids is 1. The highest BCUT2D eigenvalue weighted by molar-refractivity contribution is 8.01. The number of benzene rings is 1. The van der Waals surface area contributed by atoms with Crippen molar-refractivity contribution in [3.8, 4) is 0 Å². The SMILES string of the molecule is CS(=O)(=O)N1CCCc2cc(C(=O)CSc3nnc(N)s3)ccc21. The number of nitrogens with zero attached hydrogens (tertiary/aromatic N) is 3. The summed E-state index contributed by atoms with van der Waals surface area (Å²) in [6.45, 7) is 0.480. The molecule has 0 spiro atoms. The smallest absolute Gasteiger partial charge is 0.232 e. The van der Waals surface area contributed by atoms with Crippen molar-refractivity contribution in [1.29, 1.82) is 0 Å². The molecule has 7 nitrogen and oxygen atoms in total. The van der Waals surface area contributed by atoms with E-state index in [0.717, 1.165) is 18.4 Å². The zero-order valence-electron chi connectivity index (χ0n) is 12.9. The standard InChI is InChI=1S/C14H16N4O3S3/c1-24(20,21)18-6-2-3-9-7-10(4-5-11(9)18)12(19)8-22-14-17-16-13(15)23-14/h4-5,7H,2-3,6,8H2,1H3,(H2,15,16). The van der Waals surface area contributed by atoms with Crippen molar-refractivity contribution in [3.63, 3.8) is 0 Å². The molecule has 24 heavy (non-hydrogen) atoms. The van der Waals surface area contributed by atoms with Gasteiger partial charge in [-0.05, 0) is 36.6 Å². The number of anilines is 2. The van der Waals surface area contributed by atoms with Crippen LogP contribution >= 0.6 is 23.1 Å². The zero-order valence-corrected chi connectivity index (χ0v) is 15.4. The Morgan fingerprint density at radius 3 is 2.88 bits per heavy atom. The van der Waals surface area contributed by atoms with Crippen molar-refractivity contribution in [2.24, 2.45) is 0 Å². The molecule has 0 bridgehead atoms. The Bertz CT molecular complexity index is 879. The fraction of sp³-hybridized carbons (Fsp3) is 0.357. The summed E-state index contributed by atoms with van der Waals surface area (Å²) < 4.78 is 25.8. The lowest BCUT2D eigenvalue weighted by molar-refractivity contribution is 0.102. The van der Waals surface area contributed by atoms with Gasteiger partial charge in [-0.2, -0.15) is 0 Å². The Kier molecular flexibility index (Phi) is 4.79. The van der Waals surface area contributed by atoms with Crippen molar-refractivity contribution in [1.82, 2.24) is 10.2 Å². The van der Waals surface area contributed by atoms with E-state index in [9.17, 15) is 13.2 Å². The normalized spacial score (nSPS) is 14.5. The molecule has 2 aromatic rings. The highest BCUT2D eigenvalue weighted by atomic mass is 32.2. The number of Topliss-reactive ketones (excluding diaryl/α,β-unsaturated/α-hetero) is 1. The van der Waals surface area contributed by atoms with Crippen molar-refractivity contribution in [2.75, 3.05) is 28.6 Å². The minimum Gasteiger partial charge on any atom is -0.374 e. The first-order valence-electron chi connectivity index (χ1n) is 7.20. The number of aromatic nitrogens is 2. The van der Waals surface area contributed by atoms with E-state index in [4.69, 9.17) is 5.73 Å². The molecule has 0 aliphatic carbocycles. The van der Waals surface area contributed by atoms with Crippen molar-refractivity contribution >= 4 is 49.7 Å². The van der Waals surface area contributed by atoms with Crippen LogP contribution in [0.15, 0.2) is 22.5 Å². The van der Waals surface area contributed by atoms with Crippen molar-refractivity contribution in [3.05, 3.63) is 29.3 Å². The fourth-order valence-electron chi connectivity index (χ4n) is 2.57. The first kappa shape index (κ1) is 17.2. The van der Waals surface area contributed by atoms with Crippen LogP contribution in [-0.4, -0.2) is 43.0 Å². The molecule has 0 amide bonds. The predicted molar refractivity (Wildman–Crippen MR) is 96.3 cm³/mol. The second kappa shape index (κ2) is 6.69. The maximum absolute atomic E-state index is 12.4. The third-order valence-electron chi connectivity index (χ3n) is 3.63. The first-order valence-corrected chi connectivity index (χ1v) is 10.9. The average Bonchev–Trinajstić information content (AvgIpc) is 2.96. The quantitative estimate of drug-likeness (QED) is 0.619. The van der Waals surface area contributed by atoms with Crippen LogP contribution in [0.1, 0.15) is 22.3 Å². The monoisotopic (exact) mass is 384 g/mol. The minimum absolute atomic E-state index is 0.0342. The summed E-state index contributed by atoms with van der Waals surface area (Å²) in [5, 5.41) is 7.95. The third kappa shape index (κ3) is 3.70. The van der Waals surface area contributed by atoms with Crippen molar-refractivity contribution < 1.29 is 13.2 Å². The molecule has 1 aromatic heterocycles. The van der Waals surface area contributed by atoms with Gasteiger partial charge in [-0.15, -0.1) is 10.2 Å². The van der Waals surface area contributed by atoms with Gasteiger partial charge in [0.25, 0.3) is 0 Å². The summed E-state index contributed by atoms with van der Waals surface area (Å²) in [6.07, 6.45) is 2.71. The first-order chi connectivity index (χ1) is 11.3. The number of fused-ring (bicyclic) bond motifs is 1. The summed E-state index contributed by atoms with van der Waals surface area (Å²) >= 11 is 2.54. The molecular formula is C14H16N4O3S3. The Morgan fingerprint density at radius 1 is 1.42 bits per heavy atom. The Labute approximate surface area is 148 Å². The fourth-order valence-corrected chi connectivity index (χ4v) is 5.10. The van der Waals surface area contributed by atoms with Crippen LogP contribution in [0, 0.1) is 0 Å². The van der Waals surface area contributed by atoms with Gasteiger partial charge in [0.15, 0.2) is 10.1 Å².